The highest BCUT2D eigenvalue weighted by Crippen LogP contribution is 2.42. The van der Waals surface area contributed by atoms with Crippen molar-refractivity contribution in [2.24, 2.45) is 5.73 Å². The molecule has 0 unspecified atom stereocenters. The predicted molar refractivity (Wildman–Crippen MR) is 116 cm³/mol. The van der Waals surface area contributed by atoms with Gasteiger partial charge >= 0.3 is 6.18 Å². The number of hydrogen-bond donors (Lipinski definition) is 2. The smallest absolute Gasteiger partial charge is 0.369 e. The van der Waals surface area contributed by atoms with Crippen LogP contribution in [0.4, 0.5) is 19.0 Å². The van der Waals surface area contributed by atoms with Gasteiger partial charge in [-0.05, 0) is 43.9 Å². The lowest BCUT2D eigenvalue weighted by Crippen LogP contribution is -2.48. The minimum atomic E-state index is -4.52. The summed E-state index contributed by atoms with van der Waals surface area (Å²) in [6.07, 6.45) is 1.23. The SMILES string of the molecule is NC(=O)C1(c2cc(C(=O)N[C@@H]3CCCN(c4ncc(C(F)(F)F)cc4Cl)C3)ccn2)CCC1. The van der Waals surface area contributed by atoms with Crippen LogP contribution in [0.1, 0.15) is 53.7 Å². The molecule has 11 heteroatoms. The Balaban J connectivity index is 1.46. The first kappa shape index (κ1) is 23.3. The predicted octanol–water partition coefficient (Wildman–Crippen LogP) is 3.45. The fraction of sp³-hybridized carbons (Fsp3) is 0.455. The van der Waals surface area contributed by atoms with Crippen molar-refractivity contribution in [2.45, 2.75) is 49.7 Å². The number of carbonyl (C=O) groups excluding carboxylic acids is 2. The van der Waals surface area contributed by atoms with Crippen LogP contribution in [-0.4, -0.2) is 40.9 Å². The van der Waals surface area contributed by atoms with Crippen molar-refractivity contribution in [3.8, 4) is 0 Å². The average Bonchev–Trinajstić information content (AvgIpc) is 2.72. The molecule has 2 fully saturated rings. The zero-order valence-corrected chi connectivity index (χ0v) is 18.4. The van der Waals surface area contributed by atoms with E-state index in [1.807, 2.05) is 0 Å². The topological polar surface area (TPSA) is 101 Å². The first-order valence-electron chi connectivity index (χ1n) is 10.7. The fourth-order valence-corrected chi connectivity index (χ4v) is 4.65. The highest BCUT2D eigenvalue weighted by molar-refractivity contribution is 6.33. The van der Waals surface area contributed by atoms with Crippen LogP contribution >= 0.6 is 11.6 Å². The van der Waals surface area contributed by atoms with Crippen LogP contribution in [-0.2, 0) is 16.4 Å². The average molecular weight is 482 g/mol. The summed E-state index contributed by atoms with van der Waals surface area (Å²) in [5.41, 5.74) is 4.74. The molecule has 2 aromatic rings. The second kappa shape index (κ2) is 8.81. The number of aromatic nitrogens is 2. The van der Waals surface area contributed by atoms with E-state index in [2.05, 4.69) is 15.3 Å². The lowest BCUT2D eigenvalue weighted by atomic mass is 9.65. The quantitative estimate of drug-likeness (QED) is 0.681. The van der Waals surface area contributed by atoms with E-state index in [9.17, 15) is 22.8 Å². The van der Waals surface area contributed by atoms with Gasteiger partial charge in [0.25, 0.3) is 5.91 Å². The number of pyridine rings is 2. The van der Waals surface area contributed by atoms with Crippen molar-refractivity contribution in [3.05, 3.63) is 52.4 Å². The Morgan fingerprint density at radius 1 is 1.21 bits per heavy atom. The molecule has 1 aliphatic carbocycles. The summed E-state index contributed by atoms with van der Waals surface area (Å²) in [7, 11) is 0. The van der Waals surface area contributed by atoms with Gasteiger partial charge in [0.2, 0.25) is 5.91 Å². The summed E-state index contributed by atoms with van der Waals surface area (Å²) in [6, 6.07) is 3.78. The number of halogens is 4. The summed E-state index contributed by atoms with van der Waals surface area (Å²) in [6.45, 7) is 0.915. The molecule has 2 aliphatic rings. The standard InChI is InChI=1S/C22H23ClF3N5O2/c23-16-10-14(22(24,25)26)11-29-18(16)31-8-1-3-15(12-31)30-19(32)13-4-7-28-17(9-13)21(20(27)33)5-2-6-21/h4,7,9-11,15H,1-3,5-6,8,12H2,(H2,27,33)(H,30,32)/t15-/m1/s1. The first-order chi connectivity index (χ1) is 15.6. The van der Waals surface area contributed by atoms with Crippen molar-refractivity contribution in [2.75, 3.05) is 18.0 Å². The van der Waals surface area contributed by atoms with Gasteiger partial charge < -0.3 is 16.0 Å². The number of alkyl halides is 3. The molecule has 0 spiro atoms. The lowest BCUT2D eigenvalue weighted by Gasteiger charge is -2.38. The van der Waals surface area contributed by atoms with Gasteiger partial charge in [0, 0.05) is 37.1 Å². The number of nitrogens with one attached hydrogen (secondary N) is 1. The van der Waals surface area contributed by atoms with E-state index in [0.29, 0.717) is 50.0 Å². The third-order valence-electron chi connectivity index (χ3n) is 6.40. The molecule has 0 bridgehead atoms. The normalized spacial score (nSPS) is 20.1. The summed E-state index contributed by atoms with van der Waals surface area (Å²) in [4.78, 5) is 34.8. The second-order valence-corrected chi connectivity index (χ2v) is 8.92. The number of rotatable bonds is 5. The van der Waals surface area contributed by atoms with Crippen molar-refractivity contribution < 1.29 is 22.8 Å². The highest BCUT2D eigenvalue weighted by Gasteiger charge is 2.45. The number of hydrogen-bond acceptors (Lipinski definition) is 5. The van der Waals surface area contributed by atoms with E-state index in [4.69, 9.17) is 17.3 Å². The zero-order chi connectivity index (χ0) is 23.8. The fourth-order valence-electron chi connectivity index (χ4n) is 4.37. The molecule has 2 amide bonds. The van der Waals surface area contributed by atoms with Crippen LogP contribution in [0.15, 0.2) is 30.6 Å². The van der Waals surface area contributed by atoms with Crippen LogP contribution < -0.4 is 16.0 Å². The molecule has 33 heavy (non-hydrogen) atoms. The first-order valence-corrected chi connectivity index (χ1v) is 11.0. The van der Waals surface area contributed by atoms with Crippen LogP contribution in [0.25, 0.3) is 0 Å². The van der Waals surface area contributed by atoms with Gasteiger partial charge in [-0.25, -0.2) is 4.98 Å². The van der Waals surface area contributed by atoms with Gasteiger partial charge in [-0.15, -0.1) is 0 Å². The van der Waals surface area contributed by atoms with Crippen molar-refractivity contribution in [1.82, 2.24) is 15.3 Å². The van der Waals surface area contributed by atoms with Crippen LogP contribution in [0, 0.1) is 0 Å². The third kappa shape index (κ3) is 4.62. The van der Waals surface area contributed by atoms with E-state index >= 15 is 0 Å². The van der Waals surface area contributed by atoms with Gasteiger partial charge in [0.1, 0.15) is 5.82 Å². The third-order valence-corrected chi connectivity index (χ3v) is 6.67. The molecule has 3 N–H and O–H groups in total. The Morgan fingerprint density at radius 2 is 1.97 bits per heavy atom. The largest absolute Gasteiger partial charge is 0.417 e. The minimum Gasteiger partial charge on any atom is -0.369 e. The van der Waals surface area contributed by atoms with Crippen LogP contribution in [0.3, 0.4) is 0 Å². The number of amides is 2. The van der Waals surface area contributed by atoms with E-state index in [0.717, 1.165) is 18.7 Å². The Kier molecular flexibility index (Phi) is 6.22. The number of nitrogens with zero attached hydrogens (tertiary/aromatic N) is 3. The summed E-state index contributed by atoms with van der Waals surface area (Å²) < 4.78 is 38.7. The van der Waals surface area contributed by atoms with Crippen LogP contribution in [0.2, 0.25) is 5.02 Å². The van der Waals surface area contributed by atoms with Crippen molar-refractivity contribution in [3.63, 3.8) is 0 Å². The van der Waals surface area contributed by atoms with Gasteiger partial charge in [-0.2, -0.15) is 13.2 Å². The van der Waals surface area contributed by atoms with E-state index < -0.39 is 23.1 Å². The Morgan fingerprint density at radius 3 is 2.58 bits per heavy atom. The highest BCUT2D eigenvalue weighted by atomic mass is 35.5. The molecule has 0 radical (unpaired) electrons. The maximum absolute atomic E-state index is 12.9. The monoisotopic (exact) mass is 481 g/mol. The van der Waals surface area contributed by atoms with Gasteiger partial charge in [0.05, 0.1) is 21.7 Å². The molecule has 176 valence electrons. The molecule has 1 saturated carbocycles. The Hall–Kier alpha value is -2.88. The minimum absolute atomic E-state index is 0.0900. The lowest BCUT2D eigenvalue weighted by molar-refractivity contribution is -0.137. The maximum atomic E-state index is 12.9. The summed E-state index contributed by atoms with van der Waals surface area (Å²) in [5, 5.41) is 2.87. The zero-order valence-electron chi connectivity index (χ0n) is 17.7. The van der Waals surface area contributed by atoms with Crippen molar-refractivity contribution >= 4 is 29.2 Å². The van der Waals surface area contributed by atoms with E-state index in [-0.39, 0.29) is 22.8 Å². The Bertz CT molecular complexity index is 1070. The molecular weight excluding hydrogens is 459 g/mol. The number of carbonyl (C=O) groups is 2. The number of anilines is 1. The number of nitrogens with two attached hydrogens (primary N) is 1. The molecule has 2 aromatic heterocycles. The molecule has 3 heterocycles. The van der Waals surface area contributed by atoms with Gasteiger partial charge in [0.15, 0.2) is 0 Å². The summed E-state index contributed by atoms with van der Waals surface area (Å²) in [5.74, 6) is -0.512. The second-order valence-electron chi connectivity index (χ2n) is 8.52. The summed E-state index contributed by atoms with van der Waals surface area (Å²) >= 11 is 6.09. The molecule has 0 aromatic carbocycles. The van der Waals surface area contributed by atoms with Crippen molar-refractivity contribution in [1.29, 1.82) is 0 Å². The van der Waals surface area contributed by atoms with Gasteiger partial charge in [-0.1, -0.05) is 18.0 Å². The Labute approximate surface area is 193 Å². The maximum Gasteiger partial charge on any atom is 0.417 e. The van der Waals surface area contributed by atoms with E-state index in [1.54, 1.807) is 17.0 Å². The molecule has 1 aliphatic heterocycles. The molecule has 7 nitrogen and oxygen atoms in total. The molecule has 4 rings (SSSR count). The van der Waals surface area contributed by atoms with E-state index in [1.165, 1.54) is 6.20 Å². The number of primary amides is 1. The molecule has 1 saturated heterocycles. The number of piperidine rings is 1. The molecule has 1 atom stereocenters. The van der Waals surface area contributed by atoms with Crippen LogP contribution in [0.5, 0.6) is 0 Å². The molecular formula is C22H23ClF3N5O2. The van der Waals surface area contributed by atoms with Gasteiger partial charge in [-0.3, -0.25) is 14.6 Å².